The molecule has 2 aliphatic carbocycles. The van der Waals surface area contributed by atoms with Crippen molar-refractivity contribution in [2.45, 2.75) is 64.5 Å². The molecule has 104 valence electrons. The zero-order valence-electron chi connectivity index (χ0n) is 12.1. The summed E-state index contributed by atoms with van der Waals surface area (Å²) >= 11 is 0. The first kappa shape index (κ1) is 13.0. The molecule has 0 bridgehead atoms. The van der Waals surface area contributed by atoms with Crippen molar-refractivity contribution in [2.24, 2.45) is 5.41 Å². The second kappa shape index (κ2) is 4.82. The quantitative estimate of drug-likeness (QED) is 0.843. The van der Waals surface area contributed by atoms with E-state index in [4.69, 9.17) is 0 Å². The average molecular weight is 259 g/mol. The lowest BCUT2D eigenvalue weighted by Crippen LogP contribution is -2.33. The molecule has 2 atom stereocenters. The van der Waals surface area contributed by atoms with E-state index in [0.29, 0.717) is 23.2 Å². The van der Waals surface area contributed by atoms with Crippen LogP contribution in [0.15, 0.2) is 18.2 Å². The molecule has 2 nitrogen and oxygen atoms in total. The first-order valence-electron chi connectivity index (χ1n) is 7.61. The van der Waals surface area contributed by atoms with E-state index >= 15 is 0 Å². The fourth-order valence-corrected chi connectivity index (χ4v) is 3.84. The number of aryl methyl sites for hydroxylation is 1. The van der Waals surface area contributed by atoms with Gasteiger partial charge < -0.3 is 10.4 Å². The smallest absolute Gasteiger partial charge is 0.115 e. The van der Waals surface area contributed by atoms with Crippen molar-refractivity contribution in [3.8, 4) is 5.75 Å². The molecule has 19 heavy (non-hydrogen) atoms. The molecule has 2 unspecified atom stereocenters. The summed E-state index contributed by atoms with van der Waals surface area (Å²) in [5.74, 6) is 0.404. The first-order chi connectivity index (χ1) is 9.03. The van der Waals surface area contributed by atoms with Crippen LogP contribution in [0.5, 0.6) is 5.75 Å². The first-order valence-corrected chi connectivity index (χ1v) is 7.61. The van der Waals surface area contributed by atoms with Gasteiger partial charge in [0, 0.05) is 12.1 Å². The summed E-state index contributed by atoms with van der Waals surface area (Å²) in [5.41, 5.74) is 3.25. The normalized spacial score (nSPS) is 29.2. The van der Waals surface area contributed by atoms with Crippen molar-refractivity contribution in [3.05, 3.63) is 29.3 Å². The zero-order valence-corrected chi connectivity index (χ0v) is 12.1. The number of phenols is 1. The maximum absolute atomic E-state index is 9.61. The van der Waals surface area contributed by atoms with E-state index in [9.17, 15) is 5.11 Å². The molecule has 2 heteroatoms. The predicted octanol–water partition coefficient (Wildman–Crippen LogP) is 3.94. The van der Waals surface area contributed by atoms with Gasteiger partial charge in [0.15, 0.2) is 0 Å². The number of rotatable bonds is 2. The molecule has 1 aromatic rings. The van der Waals surface area contributed by atoms with Crippen LogP contribution in [0.4, 0.5) is 0 Å². The predicted molar refractivity (Wildman–Crippen MR) is 78.3 cm³/mol. The van der Waals surface area contributed by atoms with Crippen LogP contribution in [-0.2, 0) is 6.42 Å². The highest BCUT2D eigenvalue weighted by atomic mass is 16.3. The van der Waals surface area contributed by atoms with E-state index in [1.165, 1.54) is 43.2 Å². The van der Waals surface area contributed by atoms with Crippen LogP contribution >= 0.6 is 0 Å². The van der Waals surface area contributed by atoms with Crippen LogP contribution < -0.4 is 5.32 Å². The Hall–Kier alpha value is -1.02. The lowest BCUT2D eigenvalue weighted by atomic mass is 9.86. The second-order valence-electron chi connectivity index (χ2n) is 7.10. The minimum Gasteiger partial charge on any atom is -0.508 e. The Morgan fingerprint density at radius 1 is 1.26 bits per heavy atom. The summed E-state index contributed by atoms with van der Waals surface area (Å²) in [6, 6.07) is 7.05. The van der Waals surface area contributed by atoms with E-state index < -0.39 is 0 Å². The van der Waals surface area contributed by atoms with Gasteiger partial charge in [0.05, 0.1) is 0 Å². The molecular formula is C17H25NO. The van der Waals surface area contributed by atoms with Gasteiger partial charge in [-0.3, -0.25) is 0 Å². The Morgan fingerprint density at radius 2 is 2.11 bits per heavy atom. The molecule has 1 aromatic carbocycles. The van der Waals surface area contributed by atoms with Gasteiger partial charge in [0.25, 0.3) is 0 Å². The highest BCUT2D eigenvalue weighted by molar-refractivity contribution is 5.38. The number of aromatic hydroxyl groups is 1. The van der Waals surface area contributed by atoms with Gasteiger partial charge in [-0.25, -0.2) is 0 Å². The van der Waals surface area contributed by atoms with E-state index in [0.717, 1.165) is 6.42 Å². The molecular weight excluding hydrogens is 234 g/mol. The summed E-state index contributed by atoms with van der Waals surface area (Å²) in [5, 5.41) is 13.5. The summed E-state index contributed by atoms with van der Waals surface area (Å²) < 4.78 is 0. The standard InChI is InChI=1S/C17H25NO/c1-17(2)9-8-13(11-17)18-16-5-3-4-12-10-14(19)6-7-15(12)16/h6-7,10,13,16,18-19H,3-5,8-9,11H2,1-2H3. The third-order valence-electron chi connectivity index (χ3n) is 4.85. The van der Waals surface area contributed by atoms with Crippen LogP contribution in [0.25, 0.3) is 0 Å². The van der Waals surface area contributed by atoms with Gasteiger partial charge in [0.2, 0.25) is 0 Å². The number of fused-ring (bicyclic) bond motifs is 1. The molecule has 0 aromatic heterocycles. The summed E-state index contributed by atoms with van der Waals surface area (Å²) in [6.07, 6.45) is 7.49. The Balaban J connectivity index is 1.74. The lowest BCUT2D eigenvalue weighted by Gasteiger charge is -2.30. The Labute approximate surface area is 116 Å². The van der Waals surface area contributed by atoms with Crippen LogP contribution in [0.2, 0.25) is 0 Å². The van der Waals surface area contributed by atoms with Crippen molar-refractivity contribution in [1.29, 1.82) is 0 Å². The van der Waals surface area contributed by atoms with Gasteiger partial charge in [-0.1, -0.05) is 19.9 Å². The van der Waals surface area contributed by atoms with Gasteiger partial charge in [-0.15, -0.1) is 0 Å². The molecule has 2 aliphatic rings. The summed E-state index contributed by atoms with van der Waals surface area (Å²) in [7, 11) is 0. The fourth-order valence-electron chi connectivity index (χ4n) is 3.84. The Kier molecular flexibility index (Phi) is 3.30. The van der Waals surface area contributed by atoms with Gasteiger partial charge in [-0.05, 0) is 67.2 Å². The third kappa shape index (κ3) is 2.79. The molecule has 1 saturated carbocycles. The molecule has 0 aliphatic heterocycles. The molecule has 0 spiro atoms. The number of nitrogens with one attached hydrogen (secondary N) is 1. The minimum atomic E-state index is 0.404. The molecule has 0 saturated heterocycles. The third-order valence-corrected chi connectivity index (χ3v) is 4.85. The molecule has 0 heterocycles. The van der Waals surface area contributed by atoms with Gasteiger partial charge in [-0.2, -0.15) is 0 Å². The largest absolute Gasteiger partial charge is 0.508 e. The second-order valence-corrected chi connectivity index (χ2v) is 7.10. The molecule has 3 rings (SSSR count). The highest BCUT2D eigenvalue weighted by Crippen LogP contribution is 2.39. The molecule has 1 fully saturated rings. The Bertz CT molecular complexity index is 466. The maximum atomic E-state index is 9.61. The Morgan fingerprint density at radius 3 is 2.84 bits per heavy atom. The van der Waals surface area contributed by atoms with Crippen molar-refractivity contribution in [2.75, 3.05) is 0 Å². The van der Waals surface area contributed by atoms with Crippen molar-refractivity contribution < 1.29 is 5.11 Å². The van der Waals surface area contributed by atoms with Gasteiger partial charge >= 0.3 is 0 Å². The number of phenolic OH excluding ortho intramolecular Hbond substituents is 1. The maximum Gasteiger partial charge on any atom is 0.115 e. The molecule has 2 N–H and O–H groups in total. The van der Waals surface area contributed by atoms with E-state index in [1.807, 2.05) is 12.1 Å². The van der Waals surface area contributed by atoms with Crippen molar-refractivity contribution in [3.63, 3.8) is 0 Å². The average Bonchev–Trinajstić information content (AvgIpc) is 2.68. The number of hydrogen-bond donors (Lipinski definition) is 2. The summed E-state index contributed by atoms with van der Waals surface area (Å²) in [6.45, 7) is 4.75. The zero-order chi connectivity index (χ0) is 13.5. The van der Waals surface area contributed by atoms with E-state index in [-0.39, 0.29) is 0 Å². The van der Waals surface area contributed by atoms with Crippen LogP contribution in [-0.4, -0.2) is 11.1 Å². The lowest BCUT2D eigenvalue weighted by molar-refractivity contribution is 0.342. The van der Waals surface area contributed by atoms with Crippen molar-refractivity contribution >= 4 is 0 Å². The van der Waals surface area contributed by atoms with Crippen molar-refractivity contribution in [1.82, 2.24) is 5.32 Å². The minimum absolute atomic E-state index is 0.404. The summed E-state index contributed by atoms with van der Waals surface area (Å²) in [4.78, 5) is 0. The van der Waals surface area contributed by atoms with Crippen LogP contribution in [0.3, 0.4) is 0 Å². The topological polar surface area (TPSA) is 32.3 Å². The number of benzene rings is 1. The van der Waals surface area contributed by atoms with Crippen LogP contribution in [0, 0.1) is 5.41 Å². The fraction of sp³-hybridized carbons (Fsp3) is 0.647. The van der Waals surface area contributed by atoms with Gasteiger partial charge in [0.1, 0.15) is 5.75 Å². The number of hydrogen-bond acceptors (Lipinski definition) is 2. The SMILES string of the molecule is CC1(C)CCC(NC2CCCc3cc(O)ccc32)C1. The molecule has 0 radical (unpaired) electrons. The van der Waals surface area contributed by atoms with Crippen LogP contribution in [0.1, 0.15) is 63.1 Å². The molecule has 0 amide bonds. The van der Waals surface area contributed by atoms with E-state index in [2.05, 4.69) is 25.2 Å². The monoisotopic (exact) mass is 259 g/mol. The van der Waals surface area contributed by atoms with E-state index in [1.54, 1.807) is 0 Å². The highest BCUT2D eigenvalue weighted by Gasteiger charge is 2.33.